The normalized spacial score (nSPS) is 20.8. The van der Waals surface area contributed by atoms with Crippen LogP contribution in [0.2, 0.25) is 0 Å². The second-order valence-corrected chi connectivity index (χ2v) is 4.77. The van der Waals surface area contributed by atoms with Gasteiger partial charge in [0.05, 0.1) is 5.38 Å². The second-order valence-electron chi connectivity index (χ2n) is 4.15. The smallest absolute Gasteiger partial charge is 0.326 e. The topological polar surface area (TPSA) is 122 Å². The van der Waals surface area contributed by atoms with Gasteiger partial charge in [-0.2, -0.15) is 0 Å². The van der Waals surface area contributed by atoms with Crippen LogP contribution in [-0.2, 0) is 9.59 Å². The zero-order chi connectivity index (χ0) is 13.7. The highest BCUT2D eigenvalue weighted by Crippen LogP contribution is 2.21. The maximum Gasteiger partial charge on any atom is 0.326 e. The fourth-order valence-electron chi connectivity index (χ4n) is 1.89. The number of carbonyl (C=O) groups excluding carboxylic acids is 1. The first kappa shape index (κ1) is 14.6. The lowest BCUT2D eigenvalue weighted by Crippen LogP contribution is -2.42. The molecular formula is C10H17ClN4O3. The van der Waals surface area contributed by atoms with E-state index < -0.39 is 12.0 Å². The highest BCUT2D eigenvalue weighted by atomic mass is 35.5. The van der Waals surface area contributed by atoms with Crippen molar-refractivity contribution in [1.29, 1.82) is 0 Å². The van der Waals surface area contributed by atoms with Gasteiger partial charge in [0.1, 0.15) is 6.04 Å². The molecule has 0 aromatic carbocycles. The number of guanidine groups is 1. The number of hydrogen-bond donors (Lipinski definition) is 3. The average Bonchev–Trinajstić information content (AvgIpc) is 2.56. The SMILES string of the molecule is NC(N)=NCCC[C@@H](C(=O)O)N1CC(Cl)CC1=O. The zero-order valence-electron chi connectivity index (χ0n) is 9.88. The molecule has 0 aromatic heterocycles. The number of carboxylic acid groups (broad SMARTS) is 1. The molecule has 5 N–H and O–H groups in total. The maximum absolute atomic E-state index is 11.6. The third-order valence-corrected chi connectivity index (χ3v) is 2.99. The van der Waals surface area contributed by atoms with Crippen molar-refractivity contribution in [3.8, 4) is 0 Å². The fourth-order valence-corrected chi connectivity index (χ4v) is 2.17. The van der Waals surface area contributed by atoms with Crippen LogP contribution in [0, 0.1) is 0 Å². The van der Waals surface area contributed by atoms with Crippen LogP contribution in [0.3, 0.4) is 0 Å². The van der Waals surface area contributed by atoms with Crippen LogP contribution in [0.25, 0.3) is 0 Å². The monoisotopic (exact) mass is 276 g/mol. The molecule has 1 unspecified atom stereocenters. The summed E-state index contributed by atoms with van der Waals surface area (Å²) in [5.41, 5.74) is 10.3. The summed E-state index contributed by atoms with van der Waals surface area (Å²) in [6.45, 7) is 0.623. The van der Waals surface area contributed by atoms with Crippen molar-refractivity contribution in [1.82, 2.24) is 4.90 Å². The molecule has 1 aliphatic heterocycles. The Kier molecular flexibility index (Phi) is 5.21. The minimum absolute atomic E-state index is 0.0278. The summed E-state index contributed by atoms with van der Waals surface area (Å²) < 4.78 is 0. The second kappa shape index (κ2) is 6.44. The Labute approximate surface area is 110 Å². The molecule has 1 amide bonds. The van der Waals surface area contributed by atoms with Gasteiger partial charge in [0.15, 0.2) is 5.96 Å². The summed E-state index contributed by atoms with van der Waals surface area (Å²) in [6.07, 6.45) is 0.992. The molecule has 0 bridgehead atoms. The number of nitrogens with zero attached hydrogens (tertiary/aromatic N) is 2. The molecule has 0 radical (unpaired) electrons. The number of likely N-dealkylation sites (tertiary alicyclic amines) is 1. The fraction of sp³-hybridized carbons (Fsp3) is 0.700. The Morgan fingerprint density at radius 1 is 1.61 bits per heavy atom. The molecule has 1 rings (SSSR count). The first-order chi connectivity index (χ1) is 8.41. The van der Waals surface area contributed by atoms with Gasteiger partial charge in [-0.3, -0.25) is 9.79 Å². The maximum atomic E-state index is 11.6. The van der Waals surface area contributed by atoms with Gasteiger partial charge >= 0.3 is 5.97 Å². The van der Waals surface area contributed by atoms with Crippen LogP contribution < -0.4 is 11.5 Å². The molecule has 1 heterocycles. The molecule has 0 aliphatic carbocycles. The van der Waals surface area contributed by atoms with E-state index in [-0.39, 0.29) is 30.2 Å². The van der Waals surface area contributed by atoms with E-state index in [1.807, 2.05) is 0 Å². The van der Waals surface area contributed by atoms with Crippen LogP contribution in [0.1, 0.15) is 19.3 Å². The van der Waals surface area contributed by atoms with Gasteiger partial charge in [0, 0.05) is 19.5 Å². The van der Waals surface area contributed by atoms with E-state index in [2.05, 4.69) is 4.99 Å². The minimum atomic E-state index is -1.03. The molecule has 102 valence electrons. The van der Waals surface area contributed by atoms with E-state index in [4.69, 9.17) is 28.2 Å². The Hall–Kier alpha value is -1.50. The number of carbonyl (C=O) groups is 2. The lowest BCUT2D eigenvalue weighted by molar-refractivity contribution is -0.148. The third kappa shape index (κ3) is 4.06. The highest BCUT2D eigenvalue weighted by molar-refractivity contribution is 6.22. The summed E-state index contributed by atoms with van der Waals surface area (Å²) in [5, 5.41) is 8.82. The molecule has 1 fully saturated rings. The summed E-state index contributed by atoms with van der Waals surface area (Å²) in [6, 6.07) is -0.851. The summed E-state index contributed by atoms with van der Waals surface area (Å²) in [7, 11) is 0. The van der Waals surface area contributed by atoms with Crippen LogP contribution in [0.5, 0.6) is 0 Å². The largest absolute Gasteiger partial charge is 0.480 e. The van der Waals surface area contributed by atoms with Crippen LogP contribution in [0.4, 0.5) is 0 Å². The number of rotatable bonds is 6. The number of halogens is 1. The molecule has 0 aromatic rings. The van der Waals surface area contributed by atoms with E-state index in [1.165, 1.54) is 4.90 Å². The lowest BCUT2D eigenvalue weighted by Gasteiger charge is -2.24. The number of aliphatic carboxylic acids is 1. The van der Waals surface area contributed by atoms with Crippen molar-refractivity contribution in [3.63, 3.8) is 0 Å². The van der Waals surface area contributed by atoms with Gasteiger partial charge in [-0.05, 0) is 12.8 Å². The van der Waals surface area contributed by atoms with Crippen molar-refractivity contribution in [3.05, 3.63) is 0 Å². The first-order valence-corrected chi connectivity index (χ1v) is 6.07. The molecule has 2 atom stereocenters. The van der Waals surface area contributed by atoms with Crippen molar-refractivity contribution < 1.29 is 14.7 Å². The third-order valence-electron chi connectivity index (χ3n) is 2.70. The molecule has 1 saturated heterocycles. The molecular weight excluding hydrogens is 260 g/mol. The standard InChI is InChI=1S/C10H17ClN4O3/c11-6-4-8(16)15(5-6)7(9(17)18)2-1-3-14-10(12)13/h6-7H,1-5H2,(H,17,18)(H4,12,13,14)/t6?,7-/m0/s1. The minimum Gasteiger partial charge on any atom is -0.480 e. The van der Waals surface area contributed by atoms with Gasteiger partial charge in [-0.1, -0.05) is 0 Å². The van der Waals surface area contributed by atoms with Gasteiger partial charge in [0.25, 0.3) is 0 Å². The molecule has 0 saturated carbocycles. The van der Waals surface area contributed by atoms with Crippen LogP contribution in [0.15, 0.2) is 4.99 Å². The number of carboxylic acids is 1. The summed E-state index contributed by atoms with van der Waals surface area (Å²) in [5.74, 6) is -1.27. The summed E-state index contributed by atoms with van der Waals surface area (Å²) >= 11 is 5.84. The van der Waals surface area contributed by atoms with Crippen molar-refractivity contribution in [2.45, 2.75) is 30.7 Å². The van der Waals surface area contributed by atoms with Crippen molar-refractivity contribution in [2.75, 3.05) is 13.1 Å². The first-order valence-electron chi connectivity index (χ1n) is 5.63. The van der Waals surface area contributed by atoms with E-state index in [9.17, 15) is 9.59 Å². The van der Waals surface area contributed by atoms with Gasteiger partial charge in [0.2, 0.25) is 5.91 Å². The Morgan fingerprint density at radius 3 is 2.72 bits per heavy atom. The van der Waals surface area contributed by atoms with Gasteiger partial charge in [-0.15, -0.1) is 11.6 Å². The predicted molar refractivity (Wildman–Crippen MR) is 67.3 cm³/mol. The predicted octanol–water partition coefficient (Wildman–Crippen LogP) is -0.667. The number of aliphatic imine (C=N–C) groups is 1. The molecule has 0 spiro atoms. The number of amides is 1. The molecule has 1 aliphatic rings. The number of hydrogen-bond acceptors (Lipinski definition) is 3. The van der Waals surface area contributed by atoms with E-state index in [0.717, 1.165) is 0 Å². The van der Waals surface area contributed by atoms with E-state index >= 15 is 0 Å². The Balaban J connectivity index is 2.53. The molecule has 7 nitrogen and oxygen atoms in total. The van der Waals surface area contributed by atoms with Crippen molar-refractivity contribution >= 4 is 29.4 Å². The number of alkyl halides is 1. The zero-order valence-corrected chi connectivity index (χ0v) is 10.6. The van der Waals surface area contributed by atoms with Crippen LogP contribution >= 0.6 is 11.6 Å². The van der Waals surface area contributed by atoms with Crippen LogP contribution in [-0.4, -0.2) is 52.4 Å². The van der Waals surface area contributed by atoms with Gasteiger partial charge < -0.3 is 21.5 Å². The van der Waals surface area contributed by atoms with E-state index in [1.54, 1.807) is 0 Å². The Bertz CT molecular complexity index is 357. The van der Waals surface area contributed by atoms with E-state index in [0.29, 0.717) is 19.4 Å². The lowest BCUT2D eigenvalue weighted by atomic mass is 10.1. The van der Waals surface area contributed by atoms with Crippen molar-refractivity contribution in [2.24, 2.45) is 16.5 Å². The Morgan fingerprint density at radius 2 is 2.28 bits per heavy atom. The highest BCUT2D eigenvalue weighted by Gasteiger charge is 2.36. The molecule has 18 heavy (non-hydrogen) atoms. The quantitative estimate of drug-likeness (QED) is 0.257. The van der Waals surface area contributed by atoms with Gasteiger partial charge in [-0.25, -0.2) is 4.79 Å². The molecule has 8 heteroatoms. The number of nitrogens with two attached hydrogens (primary N) is 2. The average molecular weight is 277 g/mol. The summed E-state index contributed by atoms with van der Waals surface area (Å²) in [4.78, 5) is 27.8.